The van der Waals surface area contributed by atoms with E-state index in [0.717, 1.165) is 11.3 Å². The molecule has 28 heavy (non-hydrogen) atoms. The Morgan fingerprint density at radius 1 is 1.00 bits per heavy atom. The van der Waals surface area contributed by atoms with Gasteiger partial charge in [0.05, 0.1) is 11.1 Å². The van der Waals surface area contributed by atoms with E-state index in [1.807, 2.05) is 32.0 Å². The first kappa shape index (κ1) is 17.8. The van der Waals surface area contributed by atoms with Gasteiger partial charge in [-0.05, 0) is 56.2 Å². The SMILES string of the molecule is Cc1ccc(/C=C2\Oc3cc(OC(=O)c4ccccc4C)cc(C)c3C2=O)o1. The summed E-state index contributed by atoms with van der Waals surface area (Å²) < 4.78 is 16.7. The number of carbonyl (C=O) groups is 2. The van der Waals surface area contributed by atoms with Crippen LogP contribution >= 0.6 is 0 Å². The number of hydrogen-bond donors (Lipinski definition) is 0. The molecule has 0 radical (unpaired) electrons. The number of hydrogen-bond acceptors (Lipinski definition) is 5. The van der Waals surface area contributed by atoms with Crippen molar-refractivity contribution in [3.8, 4) is 11.5 Å². The maximum atomic E-state index is 12.7. The zero-order valence-electron chi connectivity index (χ0n) is 15.7. The van der Waals surface area contributed by atoms with Gasteiger partial charge in [-0.3, -0.25) is 4.79 Å². The molecular formula is C23H18O5. The molecule has 0 fully saturated rings. The average Bonchev–Trinajstić information content (AvgIpc) is 3.19. The van der Waals surface area contributed by atoms with Crippen molar-refractivity contribution in [1.29, 1.82) is 0 Å². The van der Waals surface area contributed by atoms with Gasteiger partial charge in [0, 0.05) is 12.1 Å². The largest absolute Gasteiger partial charge is 0.462 e. The average molecular weight is 374 g/mol. The second kappa shape index (κ2) is 6.85. The second-order valence-electron chi connectivity index (χ2n) is 6.71. The van der Waals surface area contributed by atoms with Crippen LogP contribution in [-0.2, 0) is 0 Å². The molecule has 3 aromatic rings. The molecule has 0 atom stereocenters. The number of fused-ring (bicyclic) bond motifs is 1. The molecule has 0 saturated carbocycles. The molecular weight excluding hydrogens is 356 g/mol. The summed E-state index contributed by atoms with van der Waals surface area (Å²) >= 11 is 0. The molecule has 1 aliphatic rings. The number of benzene rings is 2. The third-order valence-electron chi connectivity index (χ3n) is 4.55. The molecule has 140 valence electrons. The molecule has 0 spiro atoms. The molecule has 0 bridgehead atoms. The summed E-state index contributed by atoms with van der Waals surface area (Å²) in [6.45, 7) is 5.46. The number of ketones is 1. The van der Waals surface area contributed by atoms with E-state index in [9.17, 15) is 9.59 Å². The highest BCUT2D eigenvalue weighted by Gasteiger charge is 2.30. The molecule has 0 saturated heterocycles. The van der Waals surface area contributed by atoms with E-state index in [4.69, 9.17) is 13.9 Å². The first-order valence-corrected chi connectivity index (χ1v) is 8.85. The fraction of sp³-hybridized carbons (Fsp3) is 0.130. The third-order valence-corrected chi connectivity index (χ3v) is 4.55. The Balaban J connectivity index is 1.62. The Kier molecular flexibility index (Phi) is 4.35. The van der Waals surface area contributed by atoms with Crippen LogP contribution in [0.1, 0.15) is 43.4 Å². The Bertz CT molecular complexity index is 1130. The summed E-state index contributed by atoms with van der Waals surface area (Å²) in [5, 5.41) is 0. The van der Waals surface area contributed by atoms with Crippen LogP contribution in [0.2, 0.25) is 0 Å². The summed E-state index contributed by atoms with van der Waals surface area (Å²) in [6, 6.07) is 14.0. The lowest BCUT2D eigenvalue weighted by molar-refractivity contribution is 0.0733. The molecule has 0 aliphatic carbocycles. The Morgan fingerprint density at radius 3 is 2.50 bits per heavy atom. The molecule has 4 rings (SSSR count). The van der Waals surface area contributed by atoms with Crippen LogP contribution in [0.3, 0.4) is 0 Å². The van der Waals surface area contributed by atoms with Crippen LogP contribution < -0.4 is 9.47 Å². The van der Waals surface area contributed by atoms with Crippen molar-refractivity contribution in [2.45, 2.75) is 20.8 Å². The lowest BCUT2D eigenvalue weighted by Gasteiger charge is -2.09. The monoisotopic (exact) mass is 374 g/mol. The van der Waals surface area contributed by atoms with E-state index in [1.165, 1.54) is 0 Å². The van der Waals surface area contributed by atoms with E-state index in [-0.39, 0.29) is 11.5 Å². The number of esters is 1. The van der Waals surface area contributed by atoms with Crippen molar-refractivity contribution in [3.05, 3.63) is 88.1 Å². The topological polar surface area (TPSA) is 65.7 Å². The van der Waals surface area contributed by atoms with Gasteiger partial charge in [0.25, 0.3) is 0 Å². The third kappa shape index (κ3) is 3.22. The number of ether oxygens (including phenoxy) is 2. The van der Waals surface area contributed by atoms with Gasteiger partial charge in [-0.2, -0.15) is 0 Å². The molecule has 2 aromatic carbocycles. The standard InChI is InChI=1S/C23H18O5/c1-13-6-4-5-7-18(13)23(25)27-17-10-14(2)21-19(12-17)28-20(22(21)24)11-16-9-8-15(3)26-16/h4-12H,1-3H3/b20-11-. The minimum absolute atomic E-state index is 0.176. The molecule has 2 heterocycles. The number of furan rings is 1. The van der Waals surface area contributed by atoms with E-state index >= 15 is 0 Å². The second-order valence-corrected chi connectivity index (χ2v) is 6.71. The lowest BCUT2D eigenvalue weighted by Crippen LogP contribution is -2.10. The van der Waals surface area contributed by atoms with E-state index in [1.54, 1.807) is 43.3 Å². The first-order valence-electron chi connectivity index (χ1n) is 8.85. The summed E-state index contributed by atoms with van der Waals surface area (Å²) in [5.74, 6) is 1.48. The zero-order valence-corrected chi connectivity index (χ0v) is 15.7. The van der Waals surface area contributed by atoms with Crippen LogP contribution in [0.5, 0.6) is 11.5 Å². The van der Waals surface area contributed by atoms with Gasteiger partial charge < -0.3 is 13.9 Å². The van der Waals surface area contributed by atoms with Gasteiger partial charge in [-0.1, -0.05) is 18.2 Å². The van der Waals surface area contributed by atoms with Gasteiger partial charge in [-0.15, -0.1) is 0 Å². The van der Waals surface area contributed by atoms with E-state index in [2.05, 4.69) is 0 Å². The highest BCUT2D eigenvalue weighted by Crippen LogP contribution is 2.37. The normalized spacial score (nSPS) is 14.1. The van der Waals surface area contributed by atoms with Crippen LogP contribution in [0.25, 0.3) is 6.08 Å². The van der Waals surface area contributed by atoms with E-state index < -0.39 is 5.97 Å². The van der Waals surface area contributed by atoms with Crippen molar-refractivity contribution < 1.29 is 23.5 Å². The van der Waals surface area contributed by atoms with Gasteiger partial charge >= 0.3 is 5.97 Å². The summed E-state index contributed by atoms with van der Waals surface area (Å²) in [6.07, 6.45) is 1.56. The van der Waals surface area contributed by atoms with Gasteiger partial charge in [0.1, 0.15) is 23.0 Å². The van der Waals surface area contributed by atoms with Gasteiger partial charge in [0.15, 0.2) is 5.76 Å². The number of carbonyl (C=O) groups excluding carboxylic acids is 2. The van der Waals surface area contributed by atoms with Crippen LogP contribution in [-0.4, -0.2) is 11.8 Å². The fourth-order valence-corrected chi connectivity index (χ4v) is 3.16. The number of Topliss-reactive ketones (excluding diaryl/α,β-unsaturated/α-hetero) is 1. The maximum absolute atomic E-state index is 12.7. The summed E-state index contributed by atoms with van der Waals surface area (Å²) in [4.78, 5) is 25.2. The predicted octanol–water partition coefficient (Wildman–Crippen LogP) is 5.04. The highest BCUT2D eigenvalue weighted by molar-refractivity contribution is 6.15. The van der Waals surface area contributed by atoms with Crippen molar-refractivity contribution in [2.75, 3.05) is 0 Å². The minimum atomic E-state index is -0.455. The van der Waals surface area contributed by atoms with Crippen molar-refractivity contribution in [1.82, 2.24) is 0 Å². The van der Waals surface area contributed by atoms with Gasteiger partial charge in [-0.25, -0.2) is 4.79 Å². The minimum Gasteiger partial charge on any atom is -0.462 e. The summed E-state index contributed by atoms with van der Waals surface area (Å²) in [5.41, 5.74) is 2.46. The number of allylic oxidation sites excluding steroid dienone is 1. The quantitative estimate of drug-likeness (QED) is 0.365. The van der Waals surface area contributed by atoms with Crippen LogP contribution in [0.4, 0.5) is 0 Å². The zero-order chi connectivity index (χ0) is 19.8. The fourth-order valence-electron chi connectivity index (χ4n) is 3.16. The van der Waals surface area contributed by atoms with Crippen LogP contribution in [0.15, 0.2) is 58.7 Å². The van der Waals surface area contributed by atoms with Crippen LogP contribution in [0, 0.1) is 20.8 Å². The summed E-state index contributed by atoms with van der Waals surface area (Å²) in [7, 11) is 0. The first-order chi connectivity index (χ1) is 13.4. The van der Waals surface area contributed by atoms with Crippen molar-refractivity contribution in [2.24, 2.45) is 0 Å². The molecule has 0 unspecified atom stereocenters. The number of rotatable bonds is 3. The molecule has 1 aliphatic heterocycles. The Labute approximate surface area is 162 Å². The van der Waals surface area contributed by atoms with Gasteiger partial charge in [0.2, 0.25) is 5.78 Å². The predicted molar refractivity (Wildman–Crippen MR) is 104 cm³/mol. The molecule has 5 heteroatoms. The Hall–Kier alpha value is -3.60. The number of aryl methyl sites for hydroxylation is 3. The molecule has 0 amide bonds. The Morgan fingerprint density at radius 2 is 1.79 bits per heavy atom. The smallest absolute Gasteiger partial charge is 0.343 e. The van der Waals surface area contributed by atoms with Crippen molar-refractivity contribution >= 4 is 17.8 Å². The molecule has 0 N–H and O–H groups in total. The lowest BCUT2D eigenvalue weighted by atomic mass is 10.0. The van der Waals surface area contributed by atoms with E-state index in [0.29, 0.717) is 33.9 Å². The molecule has 1 aromatic heterocycles. The highest BCUT2D eigenvalue weighted by atomic mass is 16.5. The molecule has 5 nitrogen and oxygen atoms in total. The maximum Gasteiger partial charge on any atom is 0.343 e. The van der Waals surface area contributed by atoms with Crippen molar-refractivity contribution in [3.63, 3.8) is 0 Å².